The lowest BCUT2D eigenvalue weighted by Gasteiger charge is -2.04. The van der Waals surface area contributed by atoms with E-state index in [4.69, 9.17) is 23.2 Å². The molecule has 0 atom stereocenters. The molecular weight excluding hydrogens is 179 g/mol. The minimum Gasteiger partial charge on any atom is -0.122 e. The molecule has 1 aromatic carbocycles. The van der Waals surface area contributed by atoms with E-state index in [1.807, 2.05) is 19.9 Å². The highest BCUT2D eigenvalue weighted by Crippen LogP contribution is 2.21. The zero-order chi connectivity index (χ0) is 8.43. The van der Waals surface area contributed by atoms with Crippen LogP contribution in [0.3, 0.4) is 0 Å². The van der Waals surface area contributed by atoms with Crippen LogP contribution in [-0.2, 0) is 5.88 Å². The predicted molar refractivity (Wildman–Crippen MR) is 50.5 cm³/mol. The molecule has 0 aliphatic heterocycles. The van der Waals surface area contributed by atoms with Gasteiger partial charge < -0.3 is 0 Å². The van der Waals surface area contributed by atoms with Crippen molar-refractivity contribution in [2.24, 2.45) is 0 Å². The summed E-state index contributed by atoms with van der Waals surface area (Å²) in [6.07, 6.45) is 0. The molecule has 0 aliphatic carbocycles. The Balaban J connectivity index is 3.21. The molecule has 0 fully saturated rings. The van der Waals surface area contributed by atoms with E-state index >= 15 is 0 Å². The molecule has 0 amide bonds. The Bertz CT molecular complexity index is 267. The Kier molecular flexibility index (Phi) is 2.80. The number of aryl methyl sites for hydroxylation is 2. The number of hydrogen-bond acceptors (Lipinski definition) is 0. The molecule has 60 valence electrons. The second kappa shape index (κ2) is 3.46. The normalized spacial score (nSPS) is 10.2. The molecule has 0 heterocycles. The fourth-order valence-electron chi connectivity index (χ4n) is 1.01. The third-order valence-electron chi connectivity index (χ3n) is 1.76. The lowest BCUT2D eigenvalue weighted by molar-refractivity contribution is 1.27. The minimum absolute atomic E-state index is 0.534. The zero-order valence-electron chi connectivity index (χ0n) is 6.62. The smallest absolute Gasteiger partial charge is 0.0477 e. The van der Waals surface area contributed by atoms with Gasteiger partial charge in [0.15, 0.2) is 0 Å². The standard InChI is InChI=1S/C9H10Cl2/c1-6-3-7(2)9(11)4-8(6)5-10/h3-4H,5H2,1-2H3. The highest BCUT2D eigenvalue weighted by molar-refractivity contribution is 6.31. The van der Waals surface area contributed by atoms with Crippen LogP contribution in [0.4, 0.5) is 0 Å². The lowest BCUT2D eigenvalue weighted by atomic mass is 10.1. The highest BCUT2D eigenvalue weighted by Gasteiger charge is 2.00. The molecule has 0 saturated heterocycles. The van der Waals surface area contributed by atoms with E-state index in [2.05, 4.69) is 6.07 Å². The number of benzene rings is 1. The Hall–Kier alpha value is -0.200. The number of halogens is 2. The zero-order valence-corrected chi connectivity index (χ0v) is 8.13. The molecule has 0 radical (unpaired) electrons. The van der Waals surface area contributed by atoms with Crippen LogP contribution in [-0.4, -0.2) is 0 Å². The molecule has 1 rings (SSSR count). The summed E-state index contributed by atoms with van der Waals surface area (Å²) in [4.78, 5) is 0. The molecule has 0 aliphatic rings. The number of alkyl halides is 1. The van der Waals surface area contributed by atoms with Crippen LogP contribution >= 0.6 is 23.2 Å². The van der Waals surface area contributed by atoms with Crippen LogP contribution in [0.5, 0.6) is 0 Å². The number of hydrogen-bond donors (Lipinski definition) is 0. The Morgan fingerprint density at radius 2 is 1.82 bits per heavy atom. The van der Waals surface area contributed by atoms with Crippen LogP contribution in [0.15, 0.2) is 12.1 Å². The first-order valence-electron chi connectivity index (χ1n) is 3.46. The van der Waals surface area contributed by atoms with Gasteiger partial charge in [-0.1, -0.05) is 17.7 Å². The van der Waals surface area contributed by atoms with Gasteiger partial charge in [0.05, 0.1) is 0 Å². The first-order chi connectivity index (χ1) is 5.15. The summed E-state index contributed by atoms with van der Waals surface area (Å²) in [5, 5.41) is 0.797. The van der Waals surface area contributed by atoms with Gasteiger partial charge in [-0.3, -0.25) is 0 Å². The van der Waals surface area contributed by atoms with Crippen molar-refractivity contribution in [1.82, 2.24) is 0 Å². The number of rotatable bonds is 1. The average molecular weight is 189 g/mol. The second-order valence-electron chi connectivity index (χ2n) is 2.66. The second-order valence-corrected chi connectivity index (χ2v) is 3.34. The van der Waals surface area contributed by atoms with Gasteiger partial charge in [0, 0.05) is 10.9 Å². The topological polar surface area (TPSA) is 0 Å². The molecular formula is C9H10Cl2. The third kappa shape index (κ3) is 1.88. The van der Waals surface area contributed by atoms with Gasteiger partial charge >= 0.3 is 0 Å². The SMILES string of the molecule is Cc1cc(C)c(CCl)cc1Cl. The Morgan fingerprint density at radius 3 is 2.36 bits per heavy atom. The highest BCUT2D eigenvalue weighted by atomic mass is 35.5. The van der Waals surface area contributed by atoms with Crippen molar-refractivity contribution in [1.29, 1.82) is 0 Å². The summed E-state index contributed by atoms with van der Waals surface area (Å²) in [7, 11) is 0. The molecule has 0 unspecified atom stereocenters. The first kappa shape index (κ1) is 8.89. The lowest BCUT2D eigenvalue weighted by Crippen LogP contribution is -1.86. The Labute approximate surface area is 77.1 Å². The molecule has 0 spiro atoms. The fraction of sp³-hybridized carbons (Fsp3) is 0.333. The van der Waals surface area contributed by atoms with E-state index in [0.717, 1.165) is 16.1 Å². The molecule has 11 heavy (non-hydrogen) atoms. The summed E-state index contributed by atoms with van der Waals surface area (Å²) in [5.74, 6) is 0.534. The quantitative estimate of drug-likeness (QED) is 0.591. The molecule has 1 aromatic rings. The summed E-state index contributed by atoms with van der Waals surface area (Å²) in [6.45, 7) is 4.04. The van der Waals surface area contributed by atoms with Crippen molar-refractivity contribution in [2.45, 2.75) is 19.7 Å². The van der Waals surface area contributed by atoms with Crippen LogP contribution in [0.25, 0.3) is 0 Å². The van der Waals surface area contributed by atoms with Crippen molar-refractivity contribution in [3.63, 3.8) is 0 Å². The van der Waals surface area contributed by atoms with Crippen LogP contribution in [0, 0.1) is 13.8 Å². The van der Waals surface area contributed by atoms with E-state index in [-0.39, 0.29) is 0 Å². The maximum Gasteiger partial charge on any atom is 0.0477 e. The van der Waals surface area contributed by atoms with Gasteiger partial charge in [-0.15, -0.1) is 11.6 Å². The van der Waals surface area contributed by atoms with Gasteiger partial charge in [-0.05, 0) is 36.6 Å². The van der Waals surface area contributed by atoms with Crippen molar-refractivity contribution in [3.05, 3.63) is 33.8 Å². The van der Waals surface area contributed by atoms with Crippen molar-refractivity contribution >= 4 is 23.2 Å². The van der Waals surface area contributed by atoms with Crippen molar-refractivity contribution < 1.29 is 0 Å². The third-order valence-corrected chi connectivity index (χ3v) is 2.46. The molecule has 2 heteroatoms. The van der Waals surface area contributed by atoms with Crippen LogP contribution in [0.2, 0.25) is 5.02 Å². The van der Waals surface area contributed by atoms with Crippen LogP contribution < -0.4 is 0 Å². The summed E-state index contributed by atoms with van der Waals surface area (Å²) < 4.78 is 0. The van der Waals surface area contributed by atoms with E-state index in [1.165, 1.54) is 5.56 Å². The maximum absolute atomic E-state index is 5.91. The summed E-state index contributed by atoms with van der Waals surface area (Å²) in [5.41, 5.74) is 3.43. The van der Waals surface area contributed by atoms with E-state index in [1.54, 1.807) is 0 Å². The average Bonchev–Trinajstić information content (AvgIpc) is 1.97. The molecule has 0 nitrogen and oxygen atoms in total. The fourth-order valence-corrected chi connectivity index (χ4v) is 1.49. The molecule has 0 aromatic heterocycles. The summed E-state index contributed by atoms with van der Waals surface area (Å²) in [6, 6.07) is 3.99. The first-order valence-corrected chi connectivity index (χ1v) is 4.38. The van der Waals surface area contributed by atoms with Crippen LogP contribution in [0.1, 0.15) is 16.7 Å². The van der Waals surface area contributed by atoms with Gasteiger partial charge in [0.2, 0.25) is 0 Å². The predicted octanol–water partition coefficient (Wildman–Crippen LogP) is 3.70. The van der Waals surface area contributed by atoms with Gasteiger partial charge in [0.25, 0.3) is 0 Å². The maximum atomic E-state index is 5.91. The van der Waals surface area contributed by atoms with Crippen molar-refractivity contribution in [3.8, 4) is 0 Å². The molecule has 0 saturated carbocycles. The van der Waals surface area contributed by atoms with Crippen molar-refractivity contribution in [2.75, 3.05) is 0 Å². The monoisotopic (exact) mass is 188 g/mol. The summed E-state index contributed by atoms with van der Waals surface area (Å²) >= 11 is 11.6. The van der Waals surface area contributed by atoms with E-state index in [0.29, 0.717) is 5.88 Å². The largest absolute Gasteiger partial charge is 0.122 e. The van der Waals surface area contributed by atoms with Gasteiger partial charge in [-0.25, -0.2) is 0 Å². The Morgan fingerprint density at radius 1 is 1.18 bits per heavy atom. The van der Waals surface area contributed by atoms with E-state index in [9.17, 15) is 0 Å². The minimum atomic E-state index is 0.534. The van der Waals surface area contributed by atoms with Gasteiger partial charge in [-0.2, -0.15) is 0 Å². The molecule has 0 bridgehead atoms. The van der Waals surface area contributed by atoms with Gasteiger partial charge in [0.1, 0.15) is 0 Å². The molecule has 0 N–H and O–H groups in total. The van der Waals surface area contributed by atoms with E-state index < -0.39 is 0 Å².